The van der Waals surface area contributed by atoms with Crippen LogP contribution in [0.25, 0.3) is 0 Å². The molecule has 0 saturated carbocycles. The van der Waals surface area contributed by atoms with Crippen LogP contribution < -0.4 is 0 Å². The van der Waals surface area contributed by atoms with E-state index in [0.717, 1.165) is 26.3 Å². The van der Waals surface area contributed by atoms with Crippen molar-refractivity contribution in [1.82, 2.24) is 9.88 Å². The zero-order chi connectivity index (χ0) is 19.2. The second-order valence-electron chi connectivity index (χ2n) is 6.81. The van der Waals surface area contributed by atoms with Crippen molar-refractivity contribution in [3.63, 3.8) is 0 Å². The normalized spacial score (nSPS) is 17.9. The molecule has 1 saturated heterocycles. The Hall–Kier alpha value is -2.28. The van der Waals surface area contributed by atoms with Crippen LogP contribution in [-0.2, 0) is 11.3 Å². The summed E-state index contributed by atoms with van der Waals surface area (Å²) in [5, 5.41) is 19.9. The molecule has 1 aliphatic rings. The lowest BCUT2D eigenvalue weighted by molar-refractivity contribution is 0.0119. The molecule has 2 aromatic rings. The second kappa shape index (κ2) is 9.08. The number of aliphatic imine (C=N–C) groups is 1. The van der Waals surface area contributed by atoms with E-state index in [2.05, 4.69) is 28.9 Å². The van der Waals surface area contributed by atoms with Gasteiger partial charge in [-0.1, -0.05) is 30.3 Å². The van der Waals surface area contributed by atoms with Crippen LogP contribution in [-0.4, -0.2) is 58.7 Å². The number of hydrogen-bond acceptors (Lipinski definition) is 6. The zero-order valence-electron chi connectivity index (χ0n) is 15.9. The molecule has 2 N–H and O–H groups in total. The zero-order valence-corrected chi connectivity index (χ0v) is 15.9. The van der Waals surface area contributed by atoms with E-state index in [1.165, 1.54) is 5.56 Å². The maximum Gasteiger partial charge on any atom is 0.145 e. The molecule has 0 aliphatic carbocycles. The molecule has 0 radical (unpaired) electrons. The molecule has 1 aliphatic heterocycles. The number of benzene rings is 1. The molecule has 6 nitrogen and oxygen atoms in total. The Kier molecular flexibility index (Phi) is 6.55. The third kappa shape index (κ3) is 4.53. The van der Waals surface area contributed by atoms with Gasteiger partial charge in [0.25, 0.3) is 0 Å². The van der Waals surface area contributed by atoms with E-state index in [4.69, 9.17) is 9.73 Å². The van der Waals surface area contributed by atoms with Gasteiger partial charge in [-0.05, 0) is 19.4 Å². The first-order valence-corrected chi connectivity index (χ1v) is 9.30. The van der Waals surface area contributed by atoms with Crippen LogP contribution in [0, 0.1) is 6.92 Å². The Balaban J connectivity index is 1.90. The fourth-order valence-electron chi connectivity index (χ4n) is 3.50. The maximum absolute atomic E-state index is 10.3. The third-order valence-corrected chi connectivity index (χ3v) is 5.00. The highest BCUT2D eigenvalue weighted by Gasteiger charge is 2.27. The number of aromatic hydroxyl groups is 1. The van der Waals surface area contributed by atoms with Gasteiger partial charge in [-0.25, -0.2) is 0 Å². The van der Waals surface area contributed by atoms with Crippen LogP contribution in [0.15, 0.2) is 41.5 Å². The van der Waals surface area contributed by atoms with Gasteiger partial charge in [-0.2, -0.15) is 0 Å². The predicted molar refractivity (Wildman–Crippen MR) is 105 cm³/mol. The summed E-state index contributed by atoms with van der Waals surface area (Å²) >= 11 is 0. The molecule has 3 rings (SSSR count). The summed E-state index contributed by atoms with van der Waals surface area (Å²) in [7, 11) is 0. The van der Waals surface area contributed by atoms with Crippen molar-refractivity contribution < 1.29 is 14.9 Å². The standard InChI is InChI=1S/C21H27N3O3/c1-15(23-13-19-18(14-25)12-22-16(2)21(19)26)20(17-6-4-3-5-7-17)24-8-10-27-11-9-24/h3-7,12-13,15,20,25-26H,8-11,14H2,1-2H3/t15-,20-/m0/s1. The average molecular weight is 369 g/mol. The number of morpholine rings is 1. The molecule has 144 valence electrons. The number of aromatic nitrogens is 1. The molecular weight excluding hydrogens is 342 g/mol. The molecule has 6 heteroatoms. The first kappa shape index (κ1) is 19.5. The summed E-state index contributed by atoms with van der Waals surface area (Å²) in [5.74, 6) is 0.0696. The summed E-state index contributed by atoms with van der Waals surface area (Å²) in [4.78, 5) is 11.2. The highest BCUT2D eigenvalue weighted by molar-refractivity contribution is 5.85. The van der Waals surface area contributed by atoms with Crippen LogP contribution in [0.2, 0.25) is 0 Å². The lowest BCUT2D eigenvalue weighted by Crippen LogP contribution is -2.42. The molecule has 1 aromatic heterocycles. The summed E-state index contributed by atoms with van der Waals surface area (Å²) in [6.45, 7) is 6.78. The van der Waals surface area contributed by atoms with Gasteiger partial charge in [0.2, 0.25) is 0 Å². The Labute approximate surface area is 160 Å². The van der Waals surface area contributed by atoms with Crippen molar-refractivity contribution in [2.75, 3.05) is 26.3 Å². The summed E-state index contributed by atoms with van der Waals surface area (Å²) in [5.41, 5.74) is 2.83. The molecule has 2 atom stereocenters. The van der Waals surface area contributed by atoms with Crippen LogP contribution in [0.1, 0.15) is 35.3 Å². The average Bonchev–Trinajstić information content (AvgIpc) is 2.71. The lowest BCUT2D eigenvalue weighted by Gasteiger charge is -2.37. The number of pyridine rings is 1. The van der Waals surface area contributed by atoms with Crippen LogP contribution in [0.5, 0.6) is 5.75 Å². The topological polar surface area (TPSA) is 78.2 Å². The van der Waals surface area contributed by atoms with Crippen LogP contribution in [0.3, 0.4) is 0 Å². The number of ether oxygens (including phenoxy) is 1. The van der Waals surface area contributed by atoms with Crippen molar-refractivity contribution in [2.45, 2.75) is 32.5 Å². The summed E-state index contributed by atoms with van der Waals surface area (Å²) in [6.07, 6.45) is 3.24. The molecule has 0 unspecified atom stereocenters. The predicted octanol–water partition coefficient (Wildman–Crippen LogP) is 2.47. The first-order valence-electron chi connectivity index (χ1n) is 9.30. The van der Waals surface area contributed by atoms with E-state index in [-0.39, 0.29) is 24.4 Å². The molecule has 1 fully saturated rings. The number of rotatable bonds is 6. The van der Waals surface area contributed by atoms with E-state index in [1.54, 1.807) is 19.3 Å². The van der Waals surface area contributed by atoms with Crippen molar-refractivity contribution in [1.29, 1.82) is 0 Å². The molecule has 0 spiro atoms. The van der Waals surface area contributed by atoms with Crippen LogP contribution >= 0.6 is 0 Å². The largest absolute Gasteiger partial charge is 0.505 e. The molecule has 0 amide bonds. The molecule has 1 aromatic carbocycles. The molecule has 0 bridgehead atoms. The number of aliphatic hydroxyl groups excluding tert-OH is 1. The quantitative estimate of drug-likeness (QED) is 0.765. The number of aryl methyl sites for hydroxylation is 1. The highest BCUT2D eigenvalue weighted by atomic mass is 16.5. The number of nitrogens with zero attached hydrogens (tertiary/aromatic N) is 3. The molecule has 2 heterocycles. The van der Waals surface area contributed by atoms with Crippen molar-refractivity contribution in [3.05, 3.63) is 58.9 Å². The molecular formula is C21H27N3O3. The van der Waals surface area contributed by atoms with E-state index < -0.39 is 0 Å². The van der Waals surface area contributed by atoms with Gasteiger partial charge in [0.1, 0.15) is 5.75 Å². The highest BCUT2D eigenvalue weighted by Crippen LogP contribution is 2.28. The van der Waals surface area contributed by atoms with Gasteiger partial charge < -0.3 is 14.9 Å². The smallest absolute Gasteiger partial charge is 0.145 e. The third-order valence-electron chi connectivity index (χ3n) is 5.00. The monoisotopic (exact) mass is 369 g/mol. The van der Waals surface area contributed by atoms with Gasteiger partial charge in [-0.3, -0.25) is 14.9 Å². The minimum absolute atomic E-state index is 0.0371. The Morgan fingerprint density at radius 1 is 1.26 bits per heavy atom. The minimum Gasteiger partial charge on any atom is -0.505 e. The van der Waals surface area contributed by atoms with Crippen molar-refractivity contribution in [3.8, 4) is 5.75 Å². The van der Waals surface area contributed by atoms with Crippen molar-refractivity contribution in [2.24, 2.45) is 4.99 Å². The van der Waals surface area contributed by atoms with Gasteiger partial charge >= 0.3 is 0 Å². The lowest BCUT2D eigenvalue weighted by atomic mass is 9.98. The SMILES string of the molecule is Cc1ncc(CO)c(C=N[C@@H](C)[C@@H](c2ccccc2)N2CCOCC2)c1O. The van der Waals surface area contributed by atoms with E-state index in [1.807, 2.05) is 18.2 Å². The minimum atomic E-state index is -0.192. The van der Waals surface area contributed by atoms with Gasteiger partial charge in [0.05, 0.1) is 37.6 Å². The van der Waals surface area contributed by atoms with E-state index >= 15 is 0 Å². The maximum atomic E-state index is 10.3. The van der Waals surface area contributed by atoms with Gasteiger partial charge in [-0.15, -0.1) is 0 Å². The fraction of sp³-hybridized carbons (Fsp3) is 0.429. The fourth-order valence-corrected chi connectivity index (χ4v) is 3.50. The van der Waals surface area contributed by atoms with E-state index in [0.29, 0.717) is 16.8 Å². The van der Waals surface area contributed by atoms with Gasteiger partial charge in [0, 0.05) is 36.6 Å². The molecule has 27 heavy (non-hydrogen) atoms. The summed E-state index contributed by atoms with van der Waals surface area (Å²) < 4.78 is 5.51. The summed E-state index contributed by atoms with van der Waals surface area (Å²) in [6, 6.07) is 10.4. The Morgan fingerprint density at radius 3 is 2.63 bits per heavy atom. The van der Waals surface area contributed by atoms with E-state index in [9.17, 15) is 10.2 Å². The second-order valence-corrected chi connectivity index (χ2v) is 6.81. The van der Waals surface area contributed by atoms with Crippen molar-refractivity contribution >= 4 is 6.21 Å². The van der Waals surface area contributed by atoms with Gasteiger partial charge in [0.15, 0.2) is 0 Å². The Morgan fingerprint density at radius 2 is 1.96 bits per heavy atom. The first-order chi connectivity index (χ1) is 13.1. The Bertz CT molecular complexity index is 774. The number of hydrogen-bond donors (Lipinski definition) is 2. The number of aliphatic hydroxyl groups is 1. The van der Waals surface area contributed by atoms with Crippen LogP contribution in [0.4, 0.5) is 0 Å².